The molecule has 0 saturated carbocycles. The van der Waals surface area contributed by atoms with Crippen molar-refractivity contribution in [1.82, 2.24) is 4.90 Å². The molecule has 1 saturated heterocycles. The molecule has 20 heavy (non-hydrogen) atoms. The Hall–Kier alpha value is -1.62. The first kappa shape index (κ1) is 14.8. The van der Waals surface area contributed by atoms with Gasteiger partial charge in [0.05, 0.1) is 11.4 Å². The third-order valence-electron chi connectivity index (χ3n) is 3.46. The number of nitrogens with zero attached hydrogens (tertiary/aromatic N) is 1. The lowest BCUT2D eigenvalue weighted by molar-refractivity contribution is -0.138. The lowest BCUT2D eigenvalue weighted by Crippen LogP contribution is -2.44. The molecule has 1 amide bonds. The predicted octanol–water partition coefficient (Wildman–Crippen LogP) is 2.95. The smallest absolute Gasteiger partial charge is 0.305 e. The monoisotopic (exact) mass is 299 g/mol. The third kappa shape index (κ3) is 3.28. The summed E-state index contributed by atoms with van der Waals surface area (Å²) < 4.78 is 13.4. The zero-order chi connectivity index (χ0) is 14.7. The second-order valence-corrected chi connectivity index (χ2v) is 5.28. The topological polar surface area (TPSA) is 57.6 Å². The molecule has 2 rings (SSSR count). The van der Waals surface area contributed by atoms with Crippen LogP contribution in [0.4, 0.5) is 4.39 Å². The molecule has 1 aromatic rings. The fourth-order valence-electron chi connectivity index (χ4n) is 2.48. The maximum atomic E-state index is 13.4. The van der Waals surface area contributed by atoms with Crippen molar-refractivity contribution >= 4 is 23.5 Å². The van der Waals surface area contributed by atoms with Crippen LogP contribution in [0, 0.1) is 5.82 Å². The number of benzene rings is 1. The van der Waals surface area contributed by atoms with Crippen molar-refractivity contribution in [3.05, 3.63) is 34.6 Å². The Morgan fingerprint density at radius 3 is 2.80 bits per heavy atom. The van der Waals surface area contributed by atoms with Crippen LogP contribution < -0.4 is 0 Å². The predicted molar refractivity (Wildman–Crippen MR) is 72.3 cm³/mol. The number of carbonyl (C=O) groups excluding carboxylic acids is 1. The van der Waals surface area contributed by atoms with Crippen LogP contribution in [0.2, 0.25) is 5.02 Å². The van der Waals surface area contributed by atoms with Gasteiger partial charge >= 0.3 is 5.97 Å². The second kappa shape index (κ2) is 6.22. The van der Waals surface area contributed by atoms with Crippen LogP contribution in [0.15, 0.2) is 18.2 Å². The number of halogens is 2. The number of amides is 1. The minimum Gasteiger partial charge on any atom is -0.481 e. The molecule has 0 aromatic heterocycles. The van der Waals surface area contributed by atoms with Gasteiger partial charge in [-0.3, -0.25) is 9.59 Å². The van der Waals surface area contributed by atoms with Crippen molar-refractivity contribution in [2.75, 3.05) is 6.54 Å². The van der Waals surface area contributed by atoms with E-state index in [2.05, 4.69) is 0 Å². The molecule has 0 bridgehead atoms. The van der Waals surface area contributed by atoms with Crippen LogP contribution in [0.1, 0.15) is 36.0 Å². The number of aliphatic carboxylic acids is 1. The summed E-state index contributed by atoms with van der Waals surface area (Å²) in [6.07, 6.45) is 2.31. The van der Waals surface area contributed by atoms with Crippen LogP contribution in [-0.2, 0) is 4.79 Å². The molecule has 0 unspecified atom stereocenters. The van der Waals surface area contributed by atoms with Gasteiger partial charge in [-0.15, -0.1) is 0 Å². The standard InChI is InChI=1S/C14H15ClFNO3/c15-11-5-4-9(7-12(11)16)14(20)17-6-2-1-3-10(17)8-13(18)19/h4-5,7,10H,1-3,6,8H2,(H,18,19)/t10-/m0/s1. The minimum absolute atomic E-state index is 0.0396. The van der Waals surface area contributed by atoms with Crippen LogP contribution in [-0.4, -0.2) is 34.5 Å². The Morgan fingerprint density at radius 1 is 1.40 bits per heavy atom. The molecule has 0 aliphatic carbocycles. The third-order valence-corrected chi connectivity index (χ3v) is 3.77. The van der Waals surface area contributed by atoms with Gasteiger partial charge in [0.1, 0.15) is 5.82 Å². The molecule has 1 atom stereocenters. The fourth-order valence-corrected chi connectivity index (χ4v) is 2.59. The number of carbonyl (C=O) groups is 2. The van der Waals surface area contributed by atoms with Crippen LogP contribution in [0.3, 0.4) is 0 Å². The second-order valence-electron chi connectivity index (χ2n) is 4.87. The molecule has 1 heterocycles. The quantitative estimate of drug-likeness (QED) is 0.933. The molecular weight excluding hydrogens is 285 g/mol. The number of piperidine rings is 1. The maximum absolute atomic E-state index is 13.4. The minimum atomic E-state index is -0.933. The van der Waals surface area contributed by atoms with E-state index in [0.29, 0.717) is 13.0 Å². The molecule has 1 N–H and O–H groups in total. The van der Waals surface area contributed by atoms with Crippen molar-refractivity contribution in [3.8, 4) is 0 Å². The van der Waals surface area contributed by atoms with Crippen molar-refractivity contribution in [3.63, 3.8) is 0 Å². The molecular formula is C14H15ClFNO3. The Labute approximate surface area is 121 Å². The van der Waals surface area contributed by atoms with Gasteiger partial charge in [-0.1, -0.05) is 11.6 Å². The lowest BCUT2D eigenvalue weighted by atomic mass is 9.98. The van der Waals surface area contributed by atoms with E-state index in [1.165, 1.54) is 17.0 Å². The maximum Gasteiger partial charge on any atom is 0.305 e. The van der Waals surface area contributed by atoms with Crippen LogP contribution >= 0.6 is 11.6 Å². The van der Waals surface area contributed by atoms with E-state index in [1.807, 2.05) is 0 Å². The van der Waals surface area contributed by atoms with E-state index in [0.717, 1.165) is 18.9 Å². The van der Waals surface area contributed by atoms with Gasteiger partial charge in [0.15, 0.2) is 0 Å². The van der Waals surface area contributed by atoms with E-state index in [-0.39, 0.29) is 29.0 Å². The van der Waals surface area contributed by atoms with Gasteiger partial charge in [-0.05, 0) is 37.5 Å². The van der Waals surface area contributed by atoms with Gasteiger partial charge in [-0.25, -0.2) is 4.39 Å². The first-order valence-corrected chi connectivity index (χ1v) is 6.84. The first-order valence-electron chi connectivity index (χ1n) is 6.47. The summed E-state index contributed by atoms with van der Waals surface area (Å²) >= 11 is 5.59. The molecule has 1 aliphatic rings. The van der Waals surface area contributed by atoms with Gasteiger partial charge in [0, 0.05) is 18.2 Å². The van der Waals surface area contributed by atoms with Crippen LogP contribution in [0.5, 0.6) is 0 Å². The largest absolute Gasteiger partial charge is 0.481 e. The first-order chi connectivity index (χ1) is 9.49. The summed E-state index contributed by atoms with van der Waals surface area (Å²) in [6, 6.07) is 3.56. The lowest BCUT2D eigenvalue weighted by Gasteiger charge is -2.35. The summed E-state index contributed by atoms with van der Waals surface area (Å²) in [5.41, 5.74) is 0.198. The van der Waals surface area contributed by atoms with Crippen molar-refractivity contribution in [2.24, 2.45) is 0 Å². The van der Waals surface area contributed by atoms with E-state index in [9.17, 15) is 14.0 Å². The zero-order valence-electron chi connectivity index (χ0n) is 10.8. The molecule has 1 aliphatic heterocycles. The summed E-state index contributed by atoms with van der Waals surface area (Å²) in [7, 11) is 0. The number of hydrogen-bond acceptors (Lipinski definition) is 2. The van der Waals surface area contributed by atoms with Crippen LogP contribution in [0.25, 0.3) is 0 Å². The number of carboxylic acid groups (broad SMARTS) is 1. The van der Waals surface area contributed by atoms with E-state index >= 15 is 0 Å². The number of rotatable bonds is 3. The average molecular weight is 300 g/mol. The molecule has 108 valence electrons. The summed E-state index contributed by atoms with van der Waals surface area (Å²) in [5.74, 6) is -1.92. The van der Waals surface area contributed by atoms with Gasteiger partial charge < -0.3 is 10.0 Å². The van der Waals surface area contributed by atoms with Crippen molar-refractivity contribution < 1.29 is 19.1 Å². The highest BCUT2D eigenvalue weighted by Crippen LogP contribution is 2.23. The SMILES string of the molecule is O=C(O)C[C@@H]1CCCCN1C(=O)c1ccc(Cl)c(F)c1. The Bertz CT molecular complexity index is 535. The highest BCUT2D eigenvalue weighted by Gasteiger charge is 2.29. The molecule has 4 nitrogen and oxygen atoms in total. The summed E-state index contributed by atoms with van der Waals surface area (Å²) in [6.45, 7) is 0.501. The van der Waals surface area contributed by atoms with E-state index in [4.69, 9.17) is 16.7 Å². The summed E-state index contributed by atoms with van der Waals surface area (Å²) in [5, 5.41) is 8.86. The highest BCUT2D eigenvalue weighted by atomic mass is 35.5. The average Bonchev–Trinajstić information content (AvgIpc) is 2.41. The number of hydrogen-bond donors (Lipinski definition) is 1. The molecule has 1 aromatic carbocycles. The van der Waals surface area contributed by atoms with Gasteiger partial charge in [0.25, 0.3) is 5.91 Å². The fraction of sp³-hybridized carbons (Fsp3) is 0.429. The normalized spacial score (nSPS) is 18.9. The molecule has 0 radical (unpaired) electrons. The van der Waals surface area contributed by atoms with Gasteiger partial charge in [0.2, 0.25) is 0 Å². The molecule has 0 spiro atoms. The summed E-state index contributed by atoms with van der Waals surface area (Å²) in [4.78, 5) is 24.8. The van der Waals surface area contributed by atoms with Crippen molar-refractivity contribution in [2.45, 2.75) is 31.7 Å². The van der Waals surface area contributed by atoms with E-state index < -0.39 is 11.8 Å². The van der Waals surface area contributed by atoms with Crippen molar-refractivity contribution in [1.29, 1.82) is 0 Å². The number of likely N-dealkylation sites (tertiary alicyclic amines) is 1. The Morgan fingerprint density at radius 2 is 2.15 bits per heavy atom. The Kier molecular flexibility index (Phi) is 4.60. The number of carboxylic acids is 1. The van der Waals surface area contributed by atoms with Gasteiger partial charge in [-0.2, -0.15) is 0 Å². The Balaban J connectivity index is 2.20. The van der Waals surface area contributed by atoms with E-state index in [1.54, 1.807) is 0 Å². The molecule has 6 heteroatoms. The zero-order valence-corrected chi connectivity index (χ0v) is 11.6. The molecule has 1 fully saturated rings. The highest BCUT2D eigenvalue weighted by molar-refractivity contribution is 6.30.